The molecule has 0 aliphatic heterocycles. The molecule has 0 atom stereocenters. The van der Waals surface area contributed by atoms with Gasteiger partial charge in [0.05, 0.1) is 5.56 Å². The van der Waals surface area contributed by atoms with Gasteiger partial charge in [-0.2, -0.15) is 0 Å². The Bertz CT molecular complexity index is 468. The molecule has 110 valence electrons. The Kier molecular flexibility index (Phi) is 4.99. The van der Waals surface area contributed by atoms with Gasteiger partial charge in [0, 0.05) is 6.54 Å². The van der Waals surface area contributed by atoms with Crippen molar-refractivity contribution in [2.45, 2.75) is 39.0 Å². The fourth-order valence-electron chi connectivity index (χ4n) is 2.79. The fourth-order valence-corrected chi connectivity index (χ4v) is 2.79. The first kappa shape index (κ1) is 14.8. The zero-order valence-electron chi connectivity index (χ0n) is 11.9. The van der Waals surface area contributed by atoms with Crippen LogP contribution in [0.15, 0.2) is 18.2 Å². The number of phenolic OH excluding ortho intramolecular Hbond substituents is 1. The molecular weight excluding hydrogens is 257 g/mol. The van der Waals surface area contributed by atoms with Gasteiger partial charge in [-0.25, -0.2) is 4.39 Å². The van der Waals surface area contributed by atoms with E-state index < -0.39 is 11.7 Å². The van der Waals surface area contributed by atoms with Gasteiger partial charge >= 0.3 is 0 Å². The van der Waals surface area contributed by atoms with E-state index in [2.05, 4.69) is 12.2 Å². The summed E-state index contributed by atoms with van der Waals surface area (Å²) < 4.78 is 13.1. The number of phenols is 1. The van der Waals surface area contributed by atoms with Gasteiger partial charge in [0.15, 0.2) is 0 Å². The van der Waals surface area contributed by atoms with Crippen molar-refractivity contribution in [2.24, 2.45) is 11.8 Å². The Labute approximate surface area is 119 Å². The largest absolute Gasteiger partial charge is 0.507 e. The summed E-state index contributed by atoms with van der Waals surface area (Å²) in [6.07, 6.45) is 5.94. The minimum absolute atomic E-state index is 0.00210. The molecule has 4 heteroatoms. The van der Waals surface area contributed by atoms with E-state index in [9.17, 15) is 14.3 Å². The maximum Gasteiger partial charge on any atom is 0.255 e. The predicted octanol–water partition coefficient (Wildman–Crippen LogP) is 3.48. The van der Waals surface area contributed by atoms with E-state index in [4.69, 9.17) is 0 Å². The fraction of sp³-hybridized carbons (Fsp3) is 0.562. The Morgan fingerprint density at radius 3 is 2.75 bits per heavy atom. The van der Waals surface area contributed by atoms with Crippen molar-refractivity contribution in [3.63, 3.8) is 0 Å². The number of benzene rings is 1. The standard InChI is InChI=1S/C16H22FNO2/c1-11-2-4-12(5-3-11)8-9-18-16(20)14-10-13(17)6-7-15(14)19/h6-7,10-12,19H,2-5,8-9H2,1H3,(H,18,20). The normalized spacial score (nSPS) is 22.5. The van der Waals surface area contributed by atoms with Gasteiger partial charge in [-0.3, -0.25) is 4.79 Å². The van der Waals surface area contributed by atoms with Crippen molar-refractivity contribution in [3.8, 4) is 5.75 Å². The average molecular weight is 279 g/mol. The third kappa shape index (κ3) is 3.95. The maximum absolute atomic E-state index is 13.1. The number of aromatic hydroxyl groups is 1. The van der Waals surface area contributed by atoms with Gasteiger partial charge in [0.25, 0.3) is 5.91 Å². The first-order valence-electron chi connectivity index (χ1n) is 7.33. The van der Waals surface area contributed by atoms with Crippen molar-refractivity contribution in [2.75, 3.05) is 6.54 Å². The van der Waals surface area contributed by atoms with Crippen LogP contribution in [-0.4, -0.2) is 17.6 Å². The molecule has 0 saturated heterocycles. The number of nitrogens with one attached hydrogen (secondary N) is 1. The molecule has 2 rings (SSSR count). The Morgan fingerprint density at radius 1 is 1.35 bits per heavy atom. The van der Waals surface area contributed by atoms with Gasteiger partial charge in [-0.15, -0.1) is 0 Å². The van der Waals surface area contributed by atoms with E-state index in [1.807, 2.05) is 0 Å². The minimum atomic E-state index is -0.519. The van der Waals surface area contributed by atoms with Crippen LogP contribution in [0.5, 0.6) is 5.75 Å². The smallest absolute Gasteiger partial charge is 0.255 e. The van der Waals surface area contributed by atoms with Crippen LogP contribution < -0.4 is 5.32 Å². The highest BCUT2D eigenvalue weighted by molar-refractivity contribution is 5.96. The van der Waals surface area contributed by atoms with Crippen molar-refractivity contribution < 1.29 is 14.3 Å². The summed E-state index contributed by atoms with van der Waals surface area (Å²) in [5, 5.41) is 12.3. The third-order valence-electron chi connectivity index (χ3n) is 4.18. The molecule has 0 radical (unpaired) electrons. The van der Waals surface area contributed by atoms with E-state index in [0.29, 0.717) is 12.5 Å². The van der Waals surface area contributed by atoms with Crippen molar-refractivity contribution >= 4 is 5.91 Å². The number of carbonyl (C=O) groups is 1. The first-order valence-corrected chi connectivity index (χ1v) is 7.33. The molecule has 1 saturated carbocycles. The monoisotopic (exact) mass is 279 g/mol. The number of halogens is 1. The average Bonchev–Trinajstić information content (AvgIpc) is 2.43. The molecule has 0 spiro atoms. The maximum atomic E-state index is 13.1. The Balaban J connectivity index is 1.79. The van der Waals surface area contributed by atoms with E-state index in [0.717, 1.165) is 24.5 Å². The van der Waals surface area contributed by atoms with Crippen molar-refractivity contribution in [1.82, 2.24) is 5.32 Å². The SMILES string of the molecule is CC1CCC(CCNC(=O)c2cc(F)ccc2O)CC1. The lowest BCUT2D eigenvalue weighted by Gasteiger charge is -2.26. The quantitative estimate of drug-likeness (QED) is 0.886. The van der Waals surface area contributed by atoms with E-state index >= 15 is 0 Å². The van der Waals surface area contributed by atoms with Crippen molar-refractivity contribution in [3.05, 3.63) is 29.6 Å². The Morgan fingerprint density at radius 2 is 2.05 bits per heavy atom. The van der Waals surface area contributed by atoms with Gasteiger partial charge in [-0.1, -0.05) is 32.6 Å². The van der Waals surface area contributed by atoms with Crippen LogP contribution in [0, 0.1) is 17.7 Å². The topological polar surface area (TPSA) is 49.3 Å². The molecule has 1 amide bonds. The minimum Gasteiger partial charge on any atom is -0.507 e. The second-order valence-corrected chi connectivity index (χ2v) is 5.83. The highest BCUT2D eigenvalue weighted by Gasteiger charge is 2.18. The van der Waals surface area contributed by atoms with Gasteiger partial charge in [0.1, 0.15) is 11.6 Å². The van der Waals surface area contributed by atoms with Crippen LogP contribution in [0.1, 0.15) is 49.4 Å². The zero-order chi connectivity index (χ0) is 14.5. The number of hydrogen-bond donors (Lipinski definition) is 2. The second-order valence-electron chi connectivity index (χ2n) is 5.83. The molecule has 1 aromatic carbocycles. The molecular formula is C16H22FNO2. The zero-order valence-corrected chi connectivity index (χ0v) is 11.9. The number of rotatable bonds is 4. The summed E-state index contributed by atoms with van der Waals surface area (Å²) >= 11 is 0. The lowest BCUT2D eigenvalue weighted by Crippen LogP contribution is -2.27. The summed E-state index contributed by atoms with van der Waals surface area (Å²) in [6, 6.07) is 3.40. The molecule has 3 nitrogen and oxygen atoms in total. The summed E-state index contributed by atoms with van der Waals surface area (Å²) in [6.45, 7) is 2.86. The van der Waals surface area contributed by atoms with Gasteiger partial charge in [0.2, 0.25) is 0 Å². The van der Waals surface area contributed by atoms with Crippen LogP contribution in [0.3, 0.4) is 0 Å². The molecule has 20 heavy (non-hydrogen) atoms. The third-order valence-corrected chi connectivity index (χ3v) is 4.18. The molecule has 1 aliphatic carbocycles. The molecule has 0 bridgehead atoms. The molecule has 2 N–H and O–H groups in total. The van der Waals surface area contributed by atoms with E-state index in [-0.39, 0.29) is 11.3 Å². The first-order chi connectivity index (χ1) is 9.56. The molecule has 1 fully saturated rings. The molecule has 0 aromatic heterocycles. The van der Waals surface area contributed by atoms with Gasteiger partial charge < -0.3 is 10.4 Å². The lowest BCUT2D eigenvalue weighted by molar-refractivity contribution is 0.0946. The van der Waals surface area contributed by atoms with Crippen LogP contribution in [0.2, 0.25) is 0 Å². The molecule has 0 heterocycles. The molecule has 1 aliphatic rings. The van der Waals surface area contributed by atoms with E-state index in [1.54, 1.807) is 0 Å². The lowest BCUT2D eigenvalue weighted by atomic mass is 9.81. The van der Waals surface area contributed by atoms with Crippen molar-refractivity contribution in [1.29, 1.82) is 0 Å². The van der Waals surface area contributed by atoms with E-state index in [1.165, 1.54) is 31.7 Å². The summed E-state index contributed by atoms with van der Waals surface area (Å²) in [7, 11) is 0. The van der Waals surface area contributed by atoms with Gasteiger partial charge in [-0.05, 0) is 36.5 Å². The molecule has 1 aromatic rings. The summed E-state index contributed by atoms with van der Waals surface area (Å²) in [4.78, 5) is 11.9. The Hall–Kier alpha value is -1.58. The summed E-state index contributed by atoms with van der Waals surface area (Å²) in [5.41, 5.74) is 0.00210. The predicted molar refractivity (Wildman–Crippen MR) is 76.1 cm³/mol. The summed E-state index contributed by atoms with van der Waals surface area (Å²) in [5.74, 6) is 0.383. The second kappa shape index (κ2) is 6.73. The molecule has 0 unspecified atom stereocenters. The number of hydrogen-bond acceptors (Lipinski definition) is 2. The van der Waals surface area contributed by atoms with Crippen LogP contribution in [0.4, 0.5) is 4.39 Å². The number of amides is 1. The highest BCUT2D eigenvalue weighted by Crippen LogP contribution is 2.30. The highest BCUT2D eigenvalue weighted by atomic mass is 19.1. The number of carbonyl (C=O) groups excluding carboxylic acids is 1. The van der Waals surface area contributed by atoms with Crippen LogP contribution in [0.25, 0.3) is 0 Å². The van der Waals surface area contributed by atoms with Crippen LogP contribution in [-0.2, 0) is 0 Å². The van der Waals surface area contributed by atoms with Crippen LogP contribution >= 0.6 is 0 Å².